The molecule has 0 aliphatic heterocycles. The van der Waals surface area contributed by atoms with Gasteiger partial charge in [0.2, 0.25) is 5.91 Å². The second-order valence-electron chi connectivity index (χ2n) is 4.86. The third-order valence-corrected chi connectivity index (χ3v) is 3.36. The van der Waals surface area contributed by atoms with E-state index in [0.29, 0.717) is 18.9 Å². The highest BCUT2D eigenvalue weighted by Gasteiger charge is 2.17. The zero-order chi connectivity index (χ0) is 15.8. The second-order valence-corrected chi connectivity index (χ2v) is 4.86. The highest BCUT2D eigenvalue weighted by Crippen LogP contribution is 2.25. The number of benzene rings is 1. The van der Waals surface area contributed by atoms with Crippen molar-refractivity contribution in [1.82, 2.24) is 0 Å². The van der Waals surface area contributed by atoms with Gasteiger partial charge in [0.25, 0.3) is 5.69 Å². The van der Waals surface area contributed by atoms with Crippen molar-refractivity contribution in [3.05, 3.63) is 34.1 Å². The van der Waals surface area contributed by atoms with Gasteiger partial charge < -0.3 is 11.1 Å². The smallest absolute Gasteiger partial charge is 0.292 e. The fraction of sp³-hybridized carbons (Fsp3) is 0.500. The van der Waals surface area contributed by atoms with E-state index in [1.807, 2.05) is 6.92 Å². The van der Waals surface area contributed by atoms with Crippen molar-refractivity contribution in [2.75, 3.05) is 11.9 Å². The van der Waals surface area contributed by atoms with Crippen LogP contribution in [0.4, 0.5) is 15.8 Å². The molecule has 1 aromatic rings. The van der Waals surface area contributed by atoms with Gasteiger partial charge in [-0.25, -0.2) is 4.39 Å². The lowest BCUT2D eigenvalue weighted by Gasteiger charge is -2.13. The highest BCUT2D eigenvalue weighted by molar-refractivity contribution is 5.93. The Bertz CT molecular complexity index is 508. The summed E-state index contributed by atoms with van der Waals surface area (Å²) in [7, 11) is 0. The van der Waals surface area contributed by atoms with Crippen LogP contribution >= 0.6 is 0 Å². The summed E-state index contributed by atoms with van der Waals surface area (Å²) in [5, 5.41) is 13.2. The van der Waals surface area contributed by atoms with Crippen molar-refractivity contribution in [2.24, 2.45) is 11.7 Å². The number of nitrogens with one attached hydrogen (secondary N) is 1. The van der Waals surface area contributed by atoms with E-state index >= 15 is 0 Å². The molecule has 0 heterocycles. The third-order valence-electron chi connectivity index (χ3n) is 3.36. The number of carbonyl (C=O) groups excluding carboxylic acids is 1. The number of nitro benzene ring substituents is 1. The van der Waals surface area contributed by atoms with Gasteiger partial charge in [0.1, 0.15) is 11.5 Å². The minimum absolute atomic E-state index is 0.114. The first-order valence-corrected chi connectivity index (χ1v) is 6.91. The Morgan fingerprint density at radius 2 is 2.19 bits per heavy atom. The Morgan fingerprint density at radius 3 is 2.76 bits per heavy atom. The second kappa shape index (κ2) is 8.31. The van der Waals surface area contributed by atoms with Gasteiger partial charge in [0, 0.05) is 18.6 Å². The molecule has 116 valence electrons. The summed E-state index contributed by atoms with van der Waals surface area (Å²) in [6.45, 7) is 2.59. The van der Waals surface area contributed by atoms with E-state index in [2.05, 4.69) is 5.32 Å². The SMILES string of the molecule is CCC(CCN)CCC(=O)Nc1cc(F)ccc1[N+](=O)[O-]. The van der Waals surface area contributed by atoms with Crippen LogP contribution in [0.5, 0.6) is 0 Å². The third kappa shape index (κ3) is 5.47. The van der Waals surface area contributed by atoms with E-state index in [1.165, 1.54) is 0 Å². The standard InChI is InChI=1S/C14H20FN3O3/c1-2-10(7-8-16)3-6-14(19)17-12-9-11(15)4-5-13(12)18(20)21/h4-5,9-10H,2-3,6-8,16H2,1H3,(H,17,19). The number of anilines is 1. The lowest BCUT2D eigenvalue weighted by atomic mass is 9.96. The molecule has 0 saturated heterocycles. The lowest BCUT2D eigenvalue weighted by molar-refractivity contribution is -0.384. The normalized spacial score (nSPS) is 12.0. The van der Waals surface area contributed by atoms with Gasteiger partial charge in [0.15, 0.2) is 0 Å². The van der Waals surface area contributed by atoms with Crippen LogP contribution in [0.3, 0.4) is 0 Å². The van der Waals surface area contributed by atoms with Crippen molar-refractivity contribution < 1.29 is 14.1 Å². The number of nitrogens with two attached hydrogens (primary N) is 1. The van der Waals surface area contributed by atoms with Gasteiger partial charge in [-0.3, -0.25) is 14.9 Å². The van der Waals surface area contributed by atoms with Crippen molar-refractivity contribution in [1.29, 1.82) is 0 Å². The van der Waals surface area contributed by atoms with Crippen LogP contribution in [0, 0.1) is 21.8 Å². The van der Waals surface area contributed by atoms with Gasteiger partial charge in [-0.15, -0.1) is 0 Å². The molecule has 0 aliphatic carbocycles. The first kappa shape index (κ1) is 17.0. The van der Waals surface area contributed by atoms with Crippen LogP contribution in [0.1, 0.15) is 32.6 Å². The van der Waals surface area contributed by atoms with E-state index < -0.39 is 10.7 Å². The Labute approximate surface area is 122 Å². The first-order valence-electron chi connectivity index (χ1n) is 6.91. The zero-order valence-electron chi connectivity index (χ0n) is 12.0. The number of hydrogen-bond donors (Lipinski definition) is 2. The first-order chi connectivity index (χ1) is 9.97. The molecule has 0 fully saturated rings. The van der Waals surface area contributed by atoms with Crippen molar-refractivity contribution in [3.63, 3.8) is 0 Å². The van der Waals surface area contributed by atoms with Crippen LogP contribution in [-0.4, -0.2) is 17.4 Å². The topological polar surface area (TPSA) is 98.3 Å². The molecule has 0 aliphatic rings. The number of nitro groups is 1. The maximum Gasteiger partial charge on any atom is 0.292 e. The monoisotopic (exact) mass is 297 g/mol. The van der Waals surface area contributed by atoms with Crippen LogP contribution in [0.2, 0.25) is 0 Å². The minimum Gasteiger partial charge on any atom is -0.330 e. The van der Waals surface area contributed by atoms with Gasteiger partial charge >= 0.3 is 0 Å². The molecule has 7 heteroatoms. The fourth-order valence-electron chi connectivity index (χ4n) is 2.10. The molecular weight excluding hydrogens is 277 g/mol. The molecule has 0 bridgehead atoms. The average Bonchev–Trinajstić information content (AvgIpc) is 2.43. The molecule has 1 rings (SSSR count). The van der Waals surface area contributed by atoms with E-state index in [4.69, 9.17) is 5.73 Å². The quantitative estimate of drug-likeness (QED) is 0.569. The summed E-state index contributed by atoms with van der Waals surface area (Å²) in [6, 6.07) is 2.98. The molecule has 0 aromatic heterocycles. The number of hydrogen-bond acceptors (Lipinski definition) is 4. The number of nitrogens with zero attached hydrogens (tertiary/aromatic N) is 1. The predicted molar refractivity (Wildman–Crippen MR) is 78.4 cm³/mol. The van der Waals surface area contributed by atoms with E-state index in [0.717, 1.165) is 31.0 Å². The Hall–Kier alpha value is -2.02. The summed E-state index contributed by atoms with van der Waals surface area (Å²) in [6.07, 6.45) is 2.64. The number of carbonyl (C=O) groups is 1. The van der Waals surface area contributed by atoms with Crippen molar-refractivity contribution in [2.45, 2.75) is 32.6 Å². The van der Waals surface area contributed by atoms with Crippen molar-refractivity contribution in [3.8, 4) is 0 Å². The zero-order valence-corrected chi connectivity index (χ0v) is 12.0. The Balaban J connectivity index is 2.66. The Kier molecular flexibility index (Phi) is 6.74. The molecule has 3 N–H and O–H groups in total. The summed E-state index contributed by atoms with van der Waals surface area (Å²) in [5.74, 6) is -0.645. The van der Waals surface area contributed by atoms with Gasteiger partial charge in [-0.05, 0) is 31.4 Å². The largest absolute Gasteiger partial charge is 0.330 e. The maximum atomic E-state index is 13.1. The average molecular weight is 297 g/mol. The van der Waals surface area contributed by atoms with Gasteiger partial charge in [-0.2, -0.15) is 0 Å². The maximum absolute atomic E-state index is 13.1. The van der Waals surface area contributed by atoms with E-state index in [1.54, 1.807) is 0 Å². The number of rotatable bonds is 8. The molecule has 21 heavy (non-hydrogen) atoms. The highest BCUT2D eigenvalue weighted by atomic mass is 19.1. The number of amides is 1. The molecule has 1 aromatic carbocycles. The molecule has 1 amide bonds. The van der Waals surface area contributed by atoms with E-state index in [-0.39, 0.29) is 23.7 Å². The molecule has 1 unspecified atom stereocenters. The molecular formula is C14H20FN3O3. The fourth-order valence-corrected chi connectivity index (χ4v) is 2.10. The summed E-state index contributed by atoms with van der Waals surface area (Å²) < 4.78 is 13.1. The van der Waals surface area contributed by atoms with Gasteiger partial charge in [-0.1, -0.05) is 13.3 Å². The lowest BCUT2D eigenvalue weighted by Crippen LogP contribution is -2.16. The number of halogens is 1. The summed E-state index contributed by atoms with van der Waals surface area (Å²) in [5.41, 5.74) is 5.05. The molecule has 0 spiro atoms. The van der Waals surface area contributed by atoms with Crippen LogP contribution in [0.25, 0.3) is 0 Å². The van der Waals surface area contributed by atoms with E-state index in [9.17, 15) is 19.3 Å². The van der Waals surface area contributed by atoms with Crippen LogP contribution in [0.15, 0.2) is 18.2 Å². The van der Waals surface area contributed by atoms with Crippen molar-refractivity contribution >= 4 is 17.3 Å². The van der Waals surface area contributed by atoms with Crippen LogP contribution in [-0.2, 0) is 4.79 Å². The molecule has 6 nitrogen and oxygen atoms in total. The summed E-state index contributed by atoms with van der Waals surface area (Å²) in [4.78, 5) is 22.0. The minimum atomic E-state index is -0.654. The molecule has 0 saturated carbocycles. The summed E-state index contributed by atoms with van der Waals surface area (Å²) >= 11 is 0. The van der Waals surface area contributed by atoms with Crippen LogP contribution < -0.4 is 11.1 Å². The Morgan fingerprint density at radius 1 is 1.48 bits per heavy atom. The predicted octanol–water partition coefficient (Wildman–Crippen LogP) is 2.83. The van der Waals surface area contributed by atoms with Gasteiger partial charge in [0.05, 0.1) is 4.92 Å². The molecule has 0 radical (unpaired) electrons. The molecule has 1 atom stereocenters.